The quantitative estimate of drug-likeness (QED) is 0.673. The average Bonchev–Trinajstić information content (AvgIpc) is 2.40. The van der Waals surface area contributed by atoms with Crippen molar-refractivity contribution in [1.82, 2.24) is 9.97 Å². The molecule has 110 valence electrons. The van der Waals surface area contributed by atoms with Crippen LogP contribution in [0, 0.1) is 5.82 Å². The van der Waals surface area contributed by atoms with Gasteiger partial charge >= 0.3 is 6.18 Å². The minimum absolute atomic E-state index is 0.0248. The van der Waals surface area contributed by atoms with E-state index >= 15 is 0 Å². The first kappa shape index (κ1) is 15.1. The summed E-state index contributed by atoms with van der Waals surface area (Å²) >= 11 is 4.75. The zero-order valence-corrected chi connectivity index (χ0v) is 11.1. The molecule has 0 atom stereocenters. The second-order valence-corrected chi connectivity index (χ2v) is 4.38. The van der Waals surface area contributed by atoms with Gasteiger partial charge in [0.15, 0.2) is 5.82 Å². The van der Waals surface area contributed by atoms with Gasteiger partial charge in [0.2, 0.25) is 0 Å². The van der Waals surface area contributed by atoms with Gasteiger partial charge in [-0.25, -0.2) is 14.4 Å². The molecule has 2 aromatic rings. The van der Waals surface area contributed by atoms with E-state index in [2.05, 4.69) is 15.3 Å². The first-order chi connectivity index (χ1) is 9.79. The number of halogens is 4. The summed E-state index contributed by atoms with van der Waals surface area (Å²) in [5.41, 5.74) is 4.09. The summed E-state index contributed by atoms with van der Waals surface area (Å²) < 4.78 is 51.5. The van der Waals surface area contributed by atoms with Crippen LogP contribution < -0.4 is 11.1 Å². The van der Waals surface area contributed by atoms with Crippen LogP contribution >= 0.6 is 12.2 Å². The Morgan fingerprint density at radius 3 is 2.48 bits per heavy atom. The van der Waals surface area contributed by atoms with Crippen LogP contribution in [0.1, 0.15) is 11.3 Å². The fourth-order valence-electron chi connectivity index (χ4n) is 1.53. The van der Waals surface area contributed by atoms with Gasteiger partial charge in [-0.3, -0.25) is 0 Å². The zero-order valence-electron chi connectivity index (χ0n) is 10.3. The average molecular weight is 316 g/mol. The second-order valence-electron chi connectivity index (χ2n) is 3.94. The number of nitrogens with zero attached hydrogens (tertiary/aromatic N) is 2. The standard InChI is InChI=1S/C12H8F4N4S/c13-7-2-1-6(12(14,15)16)5-8(7)20-11-9(10(17)21)18-3-4-19-11/h1-5H,(H2,17,21)(H,19,20). The third-order valence-corrected chi connectivity index (χ3v) is 2.67. The fraction of sp³-hybridized carbons (Fsp3) is 0.0833. The van der Waals surface area contributed by atoms with E-state index in [1.165, 1.54) is 12.4 Å². The molecular weight excluding hydrogens is 308 g/mol. The smallest absolute Gasteiger partial charge is 0.388 e. The Kier molecular flexibility index (Phi) is 4.03. The van der Waals surface area contributed by atoms with Crippen molar-refractivity contribution in [2.75, 3.05) is 5.32 Å². The molecular formula is C12H8F4N4S. The molecule has 1 heterocycles. The Bertz CT molecular complexity index is 687. The number of aromatic nitrogens is 2. The van der Waals surface area contributed by atoms with Crippen molar-refractivity contribution in [2.24, 2.45) is 5.73 Å². The van der Waals surface area contributed by atoms with E-state index in [0.29, 0.717) is 18.2 Å². The summed E-state index contributed by atoms with van der Waals surface area (Å²) in [4.78, 5) is 7.57. The van der Waals surface area contributed by atoms with Crippen molar-refractivity contribution >= 4 is 28.7 Å². The first-order valence-corrected chi connectivity index (χ1v) is 5.94. The number of nitrogens with one attached hydrogen (secondary N) is 1. The number of rotatable bonds is 3. The third-order valence-electron chi connectivity index (χ3n) is 2.48. The Labute approximate surface area is 122 Å². The lowest BCUT2D eigenvalue weighted by Gasteiger charge is -2.12. The Morgan fingerprint density at radius 1 is 1.19 bits per heavy atom. The molecule has 0 aliphatic heterocycles. The van der Waals surface area contributed by atoms with Crippen molar-refractivity contribution in [2.45, 2.75) is 6.18 Å². The van der Waals surface area contributed by atoms with Crippen molar-refractivity contribution in [3.05, 3.63) is 47.7 Å². The van der Waals surface area contributed by atoms with Crippen LogP contribution in [0.3, 0.4) is 0 Å². The van der Waals surface area contributed by atoms with E-state index in [9.17, 15) is 17.6 Å². The van der Waals surface area contributed by atoms with Gasteiger partial charge in [0.1, 0.15) is 16.5 Å². The van der Waals surface area contributed by atoms with Crippen molar-refractivity contribution < 1.29 is 17.6 Å². The molecule has 0 saturated carbocycles. The molecule has 21 heavy (non-hydrogen) atoms. The number of anilines is 2. The van der Waals surface area contributed by atoms with E-state index in [4.69, 9.17) is 18.0 Å². The molecule has 0 saturated heterocycles. The normalized spacial score (nSPS) is 11.2. The minimum Gasteiger partial charge on any atom is -0.388 e. The lowest BCUT2D eigenvalue weighted by molar-refractivity contribution is -0.137. The molecule has 0 aliphatic carbocycles. The molecule has 3 N–H and O–H groups in total. The second kappa shape index (κ2) is 5.60. The molecule has 0 aliphatic rings. The van der Waals surface area contributed by atoms with E-state index in [1.54, 1.807) is 0 Å². The van der Waals surface area contributed by atoms with E-state index in [0.717, 1.165) is 0 Å². The third kappa shape index (κ3) is 3.43. The van der Waals surface area contributed by atoms with Gasteiger partial charge in [0.25, 0.3) is 0 Å². The lowest BCUT2D eigenvalue weighted by atomic mass is 10.2. The predicted molar refractivity (Wildman–Crippen MR) is 72.6 cm³/mol. The summed E-state index contributed by atoms with van der Waals surface area (Å²) in [5, 5.41) is 2.42. The van der Waals surface area contributed by atoms with Gasteiger partial charge in [-0.2, -0.15) is 13.2 Å². The molecule has 9 heteroatoms. The van der Waals surface area contributed by atoms with Crippen LogP contribution in [-0.4, -0.2) is 15.0 Å². The molecule has 0 amide bonds. The summed E-state index contributed by atoms with van der Waals surface area (Å²) in [6, 6.07) is 1.99. The highest BCUT2D eigenvalue weighted by molar-refractivity contribution is 7.80. The number of hydrogen-bond donors (Lipinski definition) is 2. The predicted octanol–water partition coefficient (Wildman–Crippen LogP) is 3.01. The van der Waals surface area contributed by atoms with Gasteiger partial charge < -0.3 is 11.1 Å². The SMILES string of the molecule is NC(=S)c1nccnc1Nc1cc(C(F)(F)F)ccc1F. The number of nitrogens with two attached hydrogens (primary N) is 1. The Hall–Kier alpha value is -2.29. The molecule has 1 aromatic carbocycles. The fourth-order valence-corrected chi connectivity index (χ4v) is 1.68. The minimum atomic E-state index is -4.58. The molecule has 0 radical (unpaired) electrons. The van der Waals surface area contributed by atoms with E-state index in [-0.39, 0.29) is 16.5 Å². The van der Waals surface area contributed by atoms with Crippen LogP contribution in [0.2, 0.25) is 0 Å². The Balaban J connectivity index is 2.43. The summed E-state index contributed by atoms with van der Waals surface area (Å²) in [5.74, 6) is -0.897. The zero-order chi connectivity index (χ0) is 15.6. The first-order valence-electron chi connectivity index (χ1n) is 5.53. The Morgan fingerprint density at radius 2 is 1.86 bits per heavy atom. The number of thiocarbonyl (C=S) groups is 1. The monoisotopic (exact) mass is 316 g/mol. The van der Waals surface area contributed by atoms with E-state index in [1.807, 2.05) is 0 Å². The van der Waals surface area contributed by atoms with Gasteiger partial charge in [0.05, 0.1) is 11.3 Å². The molecule has 0 fully saturated rings. The van der Waals surface area contributed by atoms with Crippen molar-refractivity contribution in [3.63, 3.8) is 0 Å². The highest BCUT2D eigenvalue weighted by atomic mass is 32.1. The molecule has 0 spiro atoms. The number of hydrogen-bond acceptors (Lipinski definition) is 4. The largest absolute Gasteiger partial charge is 0.416 e. The van der Waals surface area contributed by atoms with Gasteiger partial charge in [-0.15, -0.1) is 0 Å². The van der Waals surface area contributed by atoms with Crippen LogP contribution in [-0.2, 0) is 6.18 Å². The van der Waals surface area contributed by atoms with Gasteiger partial charge in [-0.1, -0.05) is 12.2 Å². The lowest BCUT2D eigenvalue weighted by Crippen LogP contribution is -2.15. The maximum absolute atomic E-state index is 13.6. The van der Waals surface area contributed by atoms with Crippen LogP contribution in [0.15, 0.2) is 30.6 Å². The summed E-state index contributed by atoms with van der Waals surface area (Å²) in [6.07, 6.45) is -2.00. The summed E-state index contributed by atoms with van der Waals surface area (Å²) in [7, 11) is 0. The number of benzene rings is 1. The molecule has 0 bridgehead atoms. The van der Waals surface area contributed by atoms with Crippen molar-refractivity contribution in [3.8, 4) is 0 Å². The topological polar surface area (TPSA) is 63.8 Å². The van der Waals surface area contributed by atoms with Crippen molar-refractivity contribution in [1.29, 1.82) is 0 Å². The molecule has 2 rings (SSSR count). The highest BCUT2D eigenvalue weighted by Gasteiger charge is 2.31. The van der Waals surface area contributed by atoms with Crippen LogP contribution in [0.4, 0.5) is 29.1 Å². The van der Waals surface area contributed by atoms with Crippen LogP contribution in [0.25, 0.3) is 0 Å². The maximum Gasteiger partial charge on any atom is 0.416 e. The molecule has 0 unspecified atom stereocenters. The molecule has 1 aromatic heterocycles. The summed E-state index contributed by atoms with van der Waals surface area (Å²) in [6.45, 7) is 0. The molecule has 4 nitrogen and oxygen atoms in total. The van der Waals surface area contributed by atoms with Crippen LogP contribution in [0.5, 0.6) is 0 Å². The van der Waals surface area contributed by atoms with Gasteiger partial charge in [-0.05, 0) is 18.2 Å². The number of alkyl halides is 3. The highest BCUT2D eigenvalue weighted by Crippen LogP contribution is 2.32. The van der Waals surface area contributed by atoms with E-state index < -0.39 is 23.2 Å². The van der Waals surface area contributed by atoms with Gasteiger partial charge in [0, 0.05) is 12.4 Å². The maximum atomic E-state index is 13.6.